The first-order valence-corrected chi connectivity index (χ1v) is 11.9. The van der Waals surface area contributed by atoms with Crippen LogP contribution in [0.1, 0.15) is 22.6 Å². The van der Waals surface area contributed by atoms with Gasteiger partial charge in [0.25, 0.3) is 0 Å². The quantitative estimate of drug-likeness (QED) is 0.274. The average molecular weight is 507 g/mol. The van der Waals surface area contributed by atoms with Gasteiger partial charge in [0, 0.05) is 30.2 Å². The molecule has 0 saturated heterocycles. The third kappa shape index (κ3) is 7.01. The van der Waals surface area contributed by atoms with Crippen molar-refractivity contribution in [3.63, 3.8) is 0 Å². The molecule has 6 nitrogen and oxygen atoms in total. The Balaban J connectivity index is 1.31. The number of carbonyl (C=O) groups excluding carboxylic acids is 1. The zero-order valence-corrected chi connectivity index (χ0v) is 20.7. The second kappa shape index (κ2) is 12.3. The van der Waals surface area contributed by atoms with E-state index >= 15 is 0 Å². The standard InChI is InChI=1S/C29H28F2N2O4/c1-19-26(33-28(37-19)21-6-4-3-5-7-21)14-15-36-24-12-8-20(9-13-24)16-27(29(34)35-2)32-18-22-10-11-23(30)17-25(22)31/h3-13,17,27,32H,14-16,18H2,1-2H3. The number of methoxy groups -OCH3 is 1. The van der Waals surface area contributed by atoms with Crippen LogP contribution in [0, 0.1) is 18.6 Å². The van der Waals surface area contributed by atoms with E-state index < -0.39 is 23.6 Å². The van der Waals surface area contributed by atoms with Gasteiger partial charge in [-0.25, -0.2) is 13.8 Å². The van der Waals surface area contributed by atoms with E-state index in [1.165, 1.54) is 19.2 Å². The van der Waals surface area contributed by atoms with Gasteiger partial charge >= 0.3 is 5.97 Å². The zero-order valence-electron chi connectivity index (χ0n) is 20.7. The van der Waals surface area contributed by atoms with Crippen LogP contribution in [-0.4, -0.2) is 30.7 Å². The summed E-state index contributed by atoms with van der Waals surface area (Å²) in [5.41, 5.74) is 2.91. The number of benzene rings is 3. The molecule has 0 saturated carbocycles. The van der Waals surface area contributed by atoms with Crippen molar-refractivity contribution in [2.75, 3.05) is 13.7 Å². The fourth-order valence-corrected chi connectivity index (χ4v) is 3.87. The Morgan fingerprint density at radius 1 is 1.05 bits per heavy atom. The van der Waals surface area contributed by atoms with Gasteiger partial charge in [0.1, 0.15) is 29.2 Å². The molecule has 0 bridgehead atoms. The first-order valence-electron chi connectivity index (χ1n) is 11.9. The largest absolute Gasteiger partial charge is 0.493 e. The van der Waals surface area contributed by atoms with E-state index in [1.807, 2.05) is 61.5 Å². The van der Waals surface area contributed by atoms with Gasteiger partial charge in [-0.1, -0.05) is 36.4 Å². The highest BCUT2D eigenvalue weighted by Crippen LogP contribution is 2.22. The van der Waals surface area contributed by atoms with Gasteiger partial charge in [-0.15, -0.1) is 0 Å². The number of nitrogens with one attached hydrogen (secondary N) is 1. The van der Waals surface area contributed by atoms with E-state index in [1.54, 1.807) is 0 Å². The van der Waals surface area contributed by atoms with Crippen LogP contribution in [0.2, 0.25) is 0 Å². The lowest BCUT2D eigenvalue weighted by Crippen LogP contribution is -2.39. The molecular weight excluding hydrogens is 478 g/mol. The number of rotatable bonds is 11. The summed E-state index contributed by atoms with van der Waals surface area (Å²) in [6.07, 6.45) is 0.925. The molecule has 4 aromatic rings. The van der Waals surface area contributed by atoms with Gasteiger partial charge in [0.15, 0.2) is 0 Å². The second-order valence-electron chi connectivity index (χ2n) is 8.53. The molecule has 0 spiro atoms. The van der Waals surface area contributed by atoms with Crippen molar-refractivity contribution in [3.05, 3.63) is 107 Å². The molecule has 1 unspecified atom stereocenters. The molecule has 0 radical (unpaired) electrons. The van der Waals surface area contributed by atoms with Crippen molar-refractivity contribution in [1.82, 2.24) is 10.3 Å². The molecular formula is C29H28F2N2O4. The van der Waals surface area contributed by atoms with E-state index in [0.717, 1.165) is 28.6 Å². The van der Waals surface area contributed by atoms with Gasteiger partial charge in [-0.2, -0.15) is 0 Å². The Bertz CT molecular complexity index is 1320. The predicted molar refractivity (Wildman–Crippen MR) is 135 cm³/mol. The molecule has 192 valence electrons. The van der Waals surface area contributed by atoms with Gasteiger partial charge in [0.05, 0.1) is 19.4 Å². The Morgan fingerprint density at radius 2 is 1.81 bits per heavy atom. The third-order valence-electron chi connectivity index (χ3n) is 5.92. The van der Waals surface area contributed by atoms with Crippen LogP contribution < -0.4 is 10.1 Å². The first kappa shape index (κ1) is 26.0. The second-order valence-corrected chi connectivity index (χ2v) is 8.53. The monoisotopic (exact) mass is 506 g/mol. The molecule has 0 amide bonds. The minimum absolute atomic E-state index is 0.0561. The molecule has 0 aliphatic carbocycles. The van der Waals surface area contributed by atoms with Crippen molar-refractivity contribution < 1.29 is 27.5 Å². The topological polar surface area (TPSA) is 73.6 Å². The fraction of sp³-hybridized carbons (Fsp3) is 0.241. The van der Waals surface area contributed by atoms with Crippen LogP contribution in [0.3, 0.4) is 0 Å². The first-order chi connectivity index (χ1) is 17.9. The number of oxazole rings is 1. The molecule has 1 atom stereocenters. The molecule has 0 fully saturated rings. The van der Waals surface area contributed by atoms with Crippen LogP contribution in [0.25, 0.3) is 11.5 Å². The highest BCUT2D eigenvalue weighted by Gasteiger charge is 2.20. The Kier molecular flexibility index (Phi) is 8.64. The van der Waals surface area contributed by atoms with Gasteiger partial charge in [-0.3, -0.25) is 10.1 Å². The highest BCUT2D eigenvalue weighted by molar-refractivity contribution is 5.76. The SMILES string of the molecule is COC(=O)C(Cc1ccc(OCCc2nc(-c3ccccc3)oc2C)cc1)NCc1ccc(F)cc1F. The third-order valence-corrected chi connectivity index (χ3v) is 5.92. The maximum Gasteiger partial charge on any atom is 0.323 e. The summed E-state index contributed by atoms with van der Waals surface area (Å²) in [7, 11) is 1.30. The van der Waals surface area contributed by atoms with E-state index in [-0.39, 0.29) is 12.1 Å². The number of hydrogen-bond donors (Lipinski definition) is 1. The van der Waals surface area contributed by atoms with Crippen molar-refractivity contribution in [2.45, 2.75) is 32.4 Å². The van der Waals surface area contributed by atoms with E-state index in [0.29, 0.717) is 31.1 Å². The maximum atomic E-state index is 13.9. The summed E-state index contributed by atoms with van der Waals surface area (Å²) >= 11 is 0. The van der Waals surface area contributed by atoms with E-state index in [2.05, 4.69) is 10.3 Å². The molecule has 1 N–H and O–H groups in total. The highest BCUT2D eigenvalue weighted by atomic mass is 19.1. The minimum Gasteiger partial charge on any atom is -0.493 e. The number of ether oxygens (including phenoxy) is 2. The number of aryl methyl sites for hydroxylation is 1. The lowest BCUT2D eigenvalue weighted by atomic mass is 10.1. The molecule has 8 heteroatoms. The summed E-state index contributed by atoms with van der Waals surface area (Å²) < 4.78 is 43.7. The Labute approximate surface area is 214 Å². The van der Waals surface area contributed by atoms with Crippen molar-refractivity contribution >= 4 is 5.97 Å². The van der Waals surface area contributed by atoms with Crippen LogP contribution in [0.5, 0.6) is 5.75 Å². The number of esters is 1. The van der Waals surface area contributed by atoms with E-state index in [4.69, 9.17) is 13.9 Å². The number of carbonyl (C=O) groups is 1. The minimum atomic E-state index is -0.699. The van der Waals surface area contributed by atoms with Crippen LogP contribution in [-0.2, 0) is 28.9 Å². The molecule has 1 heterocycles. The average Bonchev–Trinajstić information content (AvgIpc) is 3.28. The van der Waals surface area contributed by atoms with Gasteiger partial charge < -0.3 is 13.9 Å². The normalized spacial score (nSPS) is 11.8. The van der Waals surface area contributed by atoms with Crippen molar-refractivity contribution in [3.8, 4) is 17.2 Å². The van der Waals surface area contributed by atoms with Gasteiger partial charge in [0.2, 0.25) is 5.89 Å². The Hall–Kier alpha value is -4.04. The molecule has 37 heavy (non-hydrogen) atoms. The number of nitrogens with zero attached hydrogens (tertiary/aromatic N) is 1. The fourth-order valence-electron chi connectivity index (χ4n) is 3.87. The van der Waals surface area contributed by atoms with Crippen molar-refractivity contribution in [1.29, 1.82) is 0 Å². The zero-order chi connectivity index (χ0) is 26.2. The summed E-state index contributed by atoms with van der Waals surface area (Å²) in [6, 6.07) is 19.8. The summed E-state index contributed by atoms with van der Waals surface area (Å²) in [5, 5.41) is 3.00. The van der Waals surface area contributed by atoms with Crippen LogP contribution in [0.15, 0.2) is 77.2 Å². The number of hydrogen-bond acceptors (Lipinski definition) is 6. The van der Waals surface area contributed by atoms with Gasteiger partial charge in [-0.05, 0) is 49.2 Å². The molecule has 0 aliphatic heterocycles. The Morgan fingerprint density at radius 3 is 2.51 bits per heavy atom. The van der Waals surface area contributed by atoms with Crippen LogP contribution in [0.4, 0.5) is 8.78 Å². The van der Waals surface area contributed by atoms with E-state index in [9.17, 15) is 13.6 Å². The number of halogens is 2. The predicted octanol–water partition coefficient (Wildman–Crippen LogP) is 5.42. The molecule has 3 aromatic carbocycles. The maximum absolute atomic E-state index is 13.9. The smallest absolute Gasteiger partial charge is 0.323 e. The lowest BCUT2D eigenvalue weighted by molar-refractivity contribution is -0.143. The summed E-state index contributed by atoms with van der Waals surface area (Å²) in [6.45, 7) is 2.37. The molecule has 4 rings (SSSR count). The van der Waals surface area contributed by atoms with Crippen LogP contribution >= 0.6 is 0 Å². The molecule has 1 aromatic heterocycles. The lowest BCUT2D eigenvalue weighted by Gasteiger charge is -2.17. The molecule has 0 aliphatic rings. The summed E-state index contributed by atoms with van der Waals surface area (Å²) in [5.74, 6) is 0.244. The van der Waals surface area contributed by atoms with Crippen molar-refractivity contribution in [2.24, 2.45) is 0 Å². The number of aromatic nitrogens is 1. The summed E-state index contributed by atoms with van der Waals surface area (Å²) in [4.78, 5) is 16.9.